The molecule has 0 radical (unpaired) electrons. The third-order valence-corrected chi connectivity index (χ3v) is 2.96. The molecule has 0 saturated heterocycles. The summed E-state index contributed by atoms with van der Waals surface area (Å²) in [4.78, 5) is 34.3. The van der Waals surface area contributed by atoms with Gasteiger partial charge in [0.1, 0.15) is 0 Å². The number of carbonyl (C=O) groups is 3. The molecular weight excluding hydrogens is 322 g/mol. The summed E-state index contributed by atoms with van der Waals surface area (Å²) in [5, 5.41) is 2.32. The first-order valence-corrected chi connectivity index (χ1v) is 6.68. The van der Waals surface area contributed by atoms with Crippen molar-refractivity contribution < 1.29 is 27.9 Å². The largest absolute Gasteiger partial charge is 0.454 e. The Labute approximate surface area is 135 Å². The molecule has 8 heteroatoms. The standard InChI is InChI=1S/C16H12F2N2O4/c17-12-6-3-10(7-13(12)18)14(21)8-24-15(22)9-1-4-11(5-2-9)20-16(19)23/h1-7H,8H2,(H3,19,20,23). The number of halogens is 2. The van der Waals surface area contributed by atoms with E-state index in [0.29, 0.717) is 5.69 Å². The molecule has 0 heterocycles. The highest BCUT2D eigenvalue weighted by molar-refractivity contribution is 5.99. The summed E-state index contributed by atoms with van der Waals surface area (Å²) in [6.07, 6.45) is 0. The Hall–Kier alpha value is -3.29. The summed E-state index contributed by atoms with van der Waals surface area (Å²) in [6, 6.07) is 7.49. The number of anilines is 1. The molecule has 2 amide bonds. The van der Waals surface area contributed by atoms with E-state index in [1.165, 1.54) is 24.3 Å². The van der Waals surface area contributed by atoms with E-state index in [9.17, 15) is 23.2 Å². The van der Waals surface area contributed by atoms with Crippen molar-refractivity contribution in [2.75, 3.05) is 11.9 Å². The molecule has 0 unspecified atom stereocenters. The number of primary amides is 1. The highest BCUT2D eigenvalue weighted by Gasteiger charge is 2.14. The molecule has 2 rings (SSSR count). The molecule has 2 aromatic carbocycles. The first-order chi connectivity index (χ1) is 11.4. The number of rotatable bonds is 5. The fraction of sp³-hybridized carbons (Fsp3) is 0.0625. The number of Topliss-reactive ketones (excluding diaryl/α,β-unsaturated/α-hetero) is 1. The topological polar surface area (TPSA) is 98.5 Å². The Morgan fingerprint density at radius 2 is 1.58 bits per heavy atom. The SMILES string of the molecule is NC(=O)Nc1ccc(C(=O)OCC(=O)c2ccc(F)c(F)c2)cc1. The molecule has 0 aromatic heterocycles. The van der Waals surface area contributed by atoms with Crippen LogP contribution in [0, 0.1) is 11.6 Å². The first kappa shape index (κ1) is 17.1. The maximum absolute atomic E-state index is 13.1. The van der Waals surface area contributed by atoms with E-state index in [2.05, 4.69) is 5.32 Å². The van der Waals surface area contributed by atoms with Gasteiger partial charge in [0.05, 0.1) is 5.56 Å². The van der Waals surface area contributed by atoms with Gasteiger partial charge in [-0.2, -0.15) is 0 Å². The molecule has 0 aliphatic rings. The molecule has 0 atom stereocenters. The normalized spacial score (nSPS) is 10.1. The summed E-state index contributed by atoms with van der Waals surface area (Å²) in [5.41, 5.74) is 5.37. The van der Waals surface area contributed by atoms with Gasteiger partial charge in [-0.25, -0.2) is 18.4 Å². The molecule has 0 aliphatic heterocycles. The number of esters is 1. The summed E-state index contributed by atoms with van der Waals surface area (Å²) in [6.45, 7) is -0.620. The number of hydrogen-bond donors (Lipinski definition) is 2. The lowest BCUT2D eigenvalue weighted by atomic mass is 10.1. The van der Waals surface area contributed by atoms with E-state index in [1.54, 1.807) is 0 Å². The maximum atomic E-state index is 13.1. The van der Waals surface area contributed by atoms with Crippen molar-refractivity contribution in [1.82, 2.24) is 0 Å². The molecule has 0 fully saturated rings. The van der Waals surface area contributed by atoms with Gasteiger partial charge >= 0.3 is 12.0 Å². The number of carbonyl (C=O) groups excluding carboxylic acids is 3. The number of nitrogens with two attached hydrogens (primary N) is 1. The summed E-state index contributed by atoms with van der Waals surface area (Å²) in [5.74, 6) is -3.69. The molecule has 0 spiro atoms. The van der Waals surface area contributed by atoms with Gasteiger partial charge in [-0.15, -0.1) is 0 Å². The molecule has 6 nitrogen and oxygen atoms in total. The van der Waals surface area contributed by atoms with Gasteiger partial charge in [0, 0.05) is 11.3 Å². The van der Waals surface area contributed by atoms with E-state index >= 15 is 0 Å². The van der Waals surface area contributed by atoms with E-state index in [-0.39, 0.29) is 11.1 Å². The minimum atomic E-state index is -1.16. The highest BCUT2D eigenvalue weighted by atomic mass is 19.2. The second kappa shape index (κ2) is 7.32. The molecule has 3 N–H and O–H groups in total. The molecule has 124 valence electrons. The molecule has 24 heavy (non-hydrogen) atoms. The summed E-state index contributed by atoms with van der Waals surface area (Å²) in [7, 11) is 0. The Balaban J connectivity index is 1.95. The maximum Gasteiger partial charge on any atom is 0.338 e. The van der Waals surface area contributed by atoms with Gasteiger partial charge < -0.3 is 15.8 Å². The Bertz CT molecular complexity index is 791. The van der Waals surface area contributed by atoms with Gasteiger partial charge in [-0.05, 0) is 42.5 Å². The van der Waals surface area contributed by atoms with Crippen molar-refractivity contribution in [2.24, 2.45) is 5.73 Å². The van der Waals surface area contributed by atoms with Crippen LogP contribution in [0.15, 0.2) is 42.5 Å². The lowest BCUT2D eigenvalue weighted by Crippen LogP contribution is -2.19. The van der Waals surface area contributed by atoms with Crippen LogP contribution < -0.4 is 11.1 Å². The highest BCUT2D eigenvalue weighted by Crippen LogP contribution is 2.12. The van der Waals surface area contributed by atoms with Crippen LogP contribution in [0.4, 0.5) is 19.3 Å². The van der Waals surface area contributed by atoms with Crippen molar-refractivity contribution in [3.63, 3.8) is 0 Å². The van der Waals surface area contributed by atoms with Gasteiger partial charge in [0.2, 0.25) is 0 Å². The van der Waals surface area contributed by atoms with Crippen LogP contribution in [0.1, 0.15) is 20.7 Å². The zero-order valence-electron chi connectivity index (χ0n) is 12.2. The molecular formula is C16H12F2N2O4. The first-order valence-electron chi connectivity index (χ1n) is 6.68. The average molecular weight is 334 g/mol. The van der Waals surface area contributed by atoms with E-state index in [4.69, 9.17) is 10.5 Å². The minimum Gasteiger partial charge on any atom is -0.454 e. The minimum absolute atomic E-state index is 0.109. The van der Waals surface area contributed by atoms with Gasteiger partial charge in [0.15, 0.2) is 24.0 Å². The Morgan fingerprint density at radius 1 is 0.958 bits per heavy atom. The second-order valence-electron chi connectivity index (χ2n) is 4.69. The number of urea groups is 1. The number of nitrogens with one attached hydrogen (secondary N) is 1. The molecule has 0 aliphatic carbocycles. The van der Waals surface area contributed by atoms with Crippen LogP contribution in [-0.2, 0) is 4.74 Å². The summed E-state index contributed by atoms with van der Waals surface area (Å²) < 4.78 is 30.7. The van der Waals surface area contributed by atoms with Crippen LogP contribution in [-0.4, -0.2) is 24.4 Å². The van der Waals surface area contributed by atoms with Gasteiger partial charge in [-0.3, -0.25) is 4.79 Å². The Morgan fingerprint density at radius 3 is 2.17 bits per heavy atom. The van der Waals surface area contributed by atoms with Crippen LogP contribution in [0.25, 0.3) is 0 Å². The van der Waals surface area contributed by atoms with Crippen LogP contribution in [0.2, 0.25) is 0 Å². The van der Waals surface area contributed by atoms with Crippen molar-refractivity contribution >= 4 is 23.5 Å². The molecule has 2 aromatic rings. The van der Waals surface area contributed by atoms with Crippen LogP contribution >= 0.6 is 0 Å². The van der Waals surface area contributed by atoms with Crippen LogP contribution in [0.3, 0.4) is 0 Å². The van der Waals surface area contributed by atoms with Crippen LogP contribution in [0.5, 0.6) is 0 Å². The lowest BCUT2D eigenvalue weighted by molar-refractivity contribution is 0.0474. The predicted octanol–water partition coefficient (Wildman–Crippen LogP) is 2.50. The fourth-order valence-corrected chi connectivity index (χ4v) is 1.80. The van der Waals surface area contributed by atoms with Crippen molar-refractivity contribution in [1.29, 1.82) is 0 Å². The lowest BCUT2D eigenvalue weighted by Gasteiger charge is -2.06. The van der Waals surface area contributed by atoms with Crippen molar-refractivity contribution in [3.05, 3.63) is 65.2 Å². The molecule has 0 bridgehead atoms. The third-order valence-electron chi connectivity index (χ3n) is 2.96. The average Bonchev–Trinajstić information content (AvgIpc) is 2.55. The second-order valence-corrected chi connectivity index (χ2v) is 4.69. The fourth-order valence-electron chi connectivity index (χ4n) is 1.80. The molecule has 0 saturated carbocycles. The number of amides is 2. The van der Waals surface area contributed by atoms with Crippen molar-refractivity contribution in [3.8, 4) is 0 Å². The number of hydrogen-bond acceptors (Lipinski definition) is 4. The Kier molecular flexibility index (Phi) is 5.20. The van der Waals surface area contributed by atoms with E-state index in [0.717, 1.165) is 18.2 Å². The zero-order chi connectivity index (χ0) is 17.7. The van der Waals surface area contributed by atoms with Gasteiger partial charge in [-0.1, -0.05) is 0 Å². The van der Waals surface area contributed by atoms with E-state index in [1.807, 2.05) is 0 Å². The quantitative estimate of drug-likeness (QED) is 0.648. The number of benzene rings is 2. The predicted molar refractivity (Wildman–Crippen MR) is 80.6 cm³/mol. The van der Waals surface area contributed by atoms with Gasteiger partial charge in [0.25, 0.3) is 0 Å². The summed E-state index contributed by atoms with van der Waals surface area (Å²) >= 11 is 0. The number of ether oxygens (including phenoxy) is 1. The third kappa shape index (κ3) is 4.35. The van der Waals surface area contributed by atoms with Crippen molar-refractivity contribution in [2.45, 2.75) is 0 Å². The smallest absolute Gasteiger partial charge is 0.338 e. The number of ketones is 1. The van der Waals surface area contributed by atoms with E-state index < -0.39 is 36.0 Å². The zero-order valence-corrected chi connectivity index (χ0v) is 12.2. The monoisotopic (exact) mass is 334 g/mol.